The van der Waals surface area contributed by atoms with E-state index in [1.807, 2.05) is 12.1 Å². The summed E-state index contributed by atoms with van der Waals surface area (Å²) >= 11 is 3.60. The number of hydrogen-bond donors (Lipinski definition) is 1. The highest BCUT2D eigenvalue weighted by molar-refractivity contribution is 9.10. The van der Waals surface area contributed by atoms with Crippen LogP contribution in [0.4, 0.5) is 11.4 Å². The van der Waals surface area contributed by atoms with Crippen molar-refractivity contribution in [2.45, 2.75) is 12.8 Å². The Morgan fingerprint density at radius 3 is 2.65 bits per heavy atom. The van der Waals surface area contributed by atoms with E-state index in [9.17, 15) is 0 Å². The number of nitrogens with zero attached hydrogens (tertiary/aromatic N) is 1. The molecule has 0 saturated carbocycles. The zero-order valence-corrected chi connectivity index (χ0v) is 11.4. The van der Waals surface area contributed by atoms with Crippen LogP contribution in [-0.2, 0) is 4.74 Å². The molecule has 0 unspecified atom stereocenters. The van der Waals surface area contributed by atoms with Crippen LogP contribution in [0.1, 0.15) is 12.8 Å². The molecule has 0 amide bonds. The zero-order chi connectivity index (χ0) is 11.9. The molecule has 92 valence electrons. The van der Waals surface area contributed by atoms with Crippen LogP contribution in [0, 0.1) is 5.41 Å². The predicted octanol–water partition coefficient (Wildman–Crippen LogP) is 2.65. The van der Waals surface area contributed by atoms with Gasteiger partial charge in [0.15, 0.2) is 0 Å². The third kappa shape index (κ3) is 2.04. The van der Waals surface area contributed by atoms with Crippen LogP contribution in [0.15, 0.2) is 22.7 Å². The molecule has 4 heteroatoms. The van der Waals surface area contributed by atoms with Gasteiger partial charge in [-0.15, -0.1) is 0 Å². The van der Waals surface area contributed by atoms with E-state index in [2.05, 4.69) is 26.9 Å². The largest absolute Gasteiger partial charge is 0.399 e. The summed E-state index contributed by atoms with van der Waals surface area (Å²) in [7, 11) is 0. The Hall–Kier alpha value is -0.740. The second-order valence-electron chi connectivity index (χ2n) is 5.18. The Morgan fingerprint density at radius 2 is 1.94 bits per heavy atom. The summed E-state index contributed by atoms with van der Waals surface area (Å²) in [6.45, 7) is 4.12. The van der Waals surface area contributed by atoms with Gasteiger partial charge in [-0.3, -0.25) is 0 Å². The highest BCUT2D eigenvalue weighted by atomic mass is 79.9. The van der Waals surface area contributed by atoms with E-state index in [4.69, 9.17) is 10.5 Å². The van der Waals surface area contributed by atoms with Crippen LogP contribution in [0.25, 0.3) is 0 Å². The third-order valence-electron chi connectivity index (χ3n) is 3.92. The maximum absolute atomic E-state index is 5.85. The minimum atomic E-state index is 0.502. The molecule has 2 fully saturated rings. The monoisotopic (exact) mass is 296 g/mol. The van der Waals surface area contributed by atoms with Crippen molar-refractivity contribution >= 4 is 27.3 Å². The van der Waals surface area contributed by atoms with Gasteiger partial charge in [-0.25, -0.2) is 0 Å². The Morgan fingerprint density at radius 1 is 1.24 bits per heavy atom. The molecule has 0 atom stereocenters. The first-order valence-electron chi connectivity index (χ1n) is 6.06. The summed E-state index contributed by atoms with van der Waals surface area (Å²) in [4.78, 5) is 2.41. The minimum absolute atomic E-state index is 0.502. The Kier molecular flexibility index (Phi) is 2.79. The zero-order valence-electron chi connectivity index (χ0n) is 9.79. The van der Waals surface area contributed by atoms with Gasteiger partial charge in [-0.1, -0.05) is 0 Å². The second kappa shape index (κ2) is 4.18. The van der Waals surface area contributed by atoms with Gasteiger partial charge in [0.25, 0.3) is 0 Å². The molecule has 3 rings (SSSR count). The number of ether oxygens (including phenoxy) is 1. The Labute approximate surface area is 110 Å². The molecule has 2 N–H and O–H groups in total. The summed E-state index contributed by atoms with van der Waals surface area (Å²) < 4.78 is 6.57. The van der Waals surface area contributed by atoms with E-state index in [1.54, 1.807) is 0 Å². The topological polar surface area (TPSA) is 38.5 Å². The van der Waals surface area contributed by atoms with Gasteiger partial charge in [0.2, 0.25) is 0 Å². The van der Waals surface area contributed by atoms with Crippen LogP contribution < -0.4 is 10.6 Å². The lowest BCUT2D eigenvalue weighted by molar-refractivity contribution is -0.000230. The van der Waals surface area contributed by atoms with Gasteiger partial charge in [0.1, 0.15) is 0 Å². The first kappa shape index (κ1) is 11.4. The summed E-state index contributed by atoms with van der Waals surface area (Å²) in [5.41, 5.74) is 8.40. The molecule has 3 nitrogen and oxygen atoms in total. The number of nitrogens with two attached hydrogens (primary N) is 1. The first-order chi connectivity index (χ1) is 8.19. The smallest absolute Gasteiger partial charge is 0.0531 e. The Bertz CT molecular complexity index is 421. The van der Waals surface area contributed by atoms with Crippen LogP contribution >= 0.6 is 15.9 Å². The Balaban J connectivity index is 1.74. The second-order valence-corrected chi connectivity index (χ2v) is 6.03. The van der Waals surface area contributed by atoms with Crippen LogP contribution in [0.3, 0.4) is 0 Å². The molecule has 0 aromatic heterocycles. The summed E-state index contributed by atoms with van der Waals surface area (Å²) in [6.07, 6.45) is 2.40. The van der Waals surface area contributed by atoms with Gasteiger partial charge in [-0.2, -0.15) is 0 Å². The lowest BCUT2D eigenvalue weighted by Gasteiger charge is -2.53. The summed E-state index contributed by atoms with van der Waals surface area (Å²) in [5.74, 6) is 0. The van der Waals surface area contributed by atoms with Crippen molar-refractivity contribution in [1.29, 1.82) is 0 Å². The fourth-order valence-corrected chi connectivity index (χ4v) is 3.32. The fraction of sp³-hybridized carbons (Fsp3) is 0.538. The van der Waals surface area contributed by atoms with Crippen molar-refractivity contribution in [3.05, 3.63) is 22.7 Å². The van der Waals surface area contributed by atoms with Crippen molar-refractivity contribution < 1.29 is 4.74 Å². The van der Waals surface area contributed by atoms with E-state index < -0.39 is 0 Å². The van der Waals surface area contributed by atoms with Crippen molar-refractivity contribution in [1.82, 2.24) is 0 Å². The first-order valence-corrected chi connectivity index (χ1v) is 6.86. The molecule has 0 radical (unpaired) electrons. The van der Waals surface area contributed by atoms with Crippen LogP contribution in [0.5, 0.6) is 0 Å². The van der Waals surface area contributed by atoms with Crippen molar-refractivity contribution in [2.24, 2.45) is 5.41 Å². The highest BCUT2D eigenvalue weighted by Gasteiger charge is 2.44. The van der Waals surface area contributed by atoms with E-state index in [0.717, 1.165) is 36.5 Å². The molecule has 2 aliphatic rings. The number of nitrogen functional groups attached to an aromatic ring is 1. The molecule has 2 heterocycles. The molecule has 1 aromatic rings. The fourth-order valence-electron chi connectivity index (χ4n) is 2.83. The molecule has 2 saturated heterocycles. The van der Waals surface area contributed by atoms with Gasteiger partial charge >= 0.3 is 0 Å². The minimum Gasteiger partial charge on any atom is -0.399 e. The van der Waals surface area contributed by atoms with Gasteiger partial charge in [0.05, 0.1) is 5.69 Å². The SMILES string of the molecule is Nc1ccc(Br)c(N2CC3(CCOCC3)C2)c1. The molecule has 17 heavy (non-hydrogen) atoms. The van der Waals surface area contributed by atoms with Gasteiger partial charge < -0.3 is 15.4 Å². The third-order valence-corrected chi connectivity index (χ3v) is 4.59. The van der Waals surface area contributed by atoms with Crippen LogP contribution in [0.2, 0.25) is 0 Å². The number of benzene rings is 1. The normalized spacial score (nSPS) is 22.5. The average molecular weight is 297 g/mol. The molecular weight excluding hydrogens is 280 g/mol. The van der Waals surface area contributed by atoms with E-state index >= 15 is 0 Å². The summed E-state index contributed by atoms with van der Waals surface area (Å²) in [5, 5.41) is 0. The lowest BCUT2D eigenvalue weighted by Crippen LogP contribution is -2.58. The molecule has 1 spiro atoms. The van der Waals surface area contributed by atoms with Gasteiger partial charge in [0, 0.05) is 41.9 Å². The number of anilines is 2. The van der Waals surface area contributed by atoms with E-state index in [-0.39, 0.29) is 0 Å². The quantitative estimate of drug-likeness (QED) is 0.810. The van der Waals surface area contributed by atoms with Crippen molar-refractivity contribution in [3.63, 3.8) is 0 Å². The molecule has 1 aromatic carbocycles. The molecule has 0 aliphatic carbocycles. The molecule has 0 bridgehead atoms. The number of hydrogen-bond acceptors (Lipinski definition) is 3. The number of halogens is 1. The van der Waals surface area contributed by atoms with E-state index in [0.29, 0.717) is 5.41 Å². The lowest BCUT2D eigenvalue weighted by atomic mass is 9.73. The number of rotatable bonds is 1. The molecular formula is C13H17BrN2O. The molecule has 2 aliphatic heterocycles. The standard InChI is InChI=1S/C13H17BrN2O/c14-11-2-1-10(15)7-12(11)16-8-13(9-16)3-5-17-6-4-13/h1-2,7H,3-6,8-9,15H2. The van der Waals surface area contributed by atoms with Crippen molar-refractivity contribution in [2.75, 3.05) is 36.9 Å². The predicted molar refractivity (Wildman–Crippen MR) is 73.3 cm³/mol. The van der Waals surface area contributed by atoms with E-state index in [1.165, 1.54) is 18.5 Å². The maximum Gasteiger partial charge on any atom is 0.0531 e. The highest BCUT2D eigenvalue weighted by Crippen LogP contribution is 2.44. The van der Waals surface area contributed by atoms with Gasteiger partial charge in [-0.05, 0) is 47.0 Å². The average Bonchev–Trinajstić information content (AvgIpc) is 2.30. The summed E-state index contributed by atoms with van der Waals surface area (Å²) in [6, 6.07) is 6.01. The van der Waals surface area contributed by atoms with Crippen molar-refractivity contribution in [3.8, 4) is 0 Å². The van der Waals surface area contributed by atoms with Crippen LogP contribution in [-0.4, -0.2) is 26.3 Å². The maximum atomic E-state index is 5.85.